The van der Waals surface area contributed by atoms with E-state index in [1.165, 1.54) is 13.8 Å². The first kappa shape index (κ1) is 54.8. The van der Waals surface area contributed by atoms with Gasteiger partial charge in [0.2, 0.25) is 41.4 Å². The van der Waals surface area contributed by atoms with Crippen molar-refractivity contribution in [1.82, 2.24) is 37.2 Å². The highest BCUT2D eigenvalue weighted by Crippen LogP contribution is 2.39. The fourth-order valence-electron chi connectivity index (χ4n) is 6.66. The van der Waals surface area contributed by atoms with Crippen LogP contribution in [0, 0.1) is 0 Å². The first-order valence-electron chi connectivity index (χ1n) is 21.5. The van der Waals surface area contributed by atoms with Gasteiger partial charge < -0.3 is 65.3 Å². The summed E-state index contributed by atoms with van der Waals surface area (Å²) in [6.45, 7) is 6.04. The Kier molecular flexibility index (Phi) is 22.2. The van der Waals surface area contributed by atoms with E-state index < -0.39 is 94.4 Å². The smallest absolute Gasteiger partial charge is 0.327 e. The van der Waals surface area contributed by atoms with Crippen molar-refractivity contribution in [2.24, 2.45) is 32.9 Å². The molecule has 0 bridgehead atoms. The van der Waals surface area contributed by atoms with Gasteiger partial charge in [0, 0.05) is 43.4 Å². The number of hydrogen-bond acceptors (Lipinski definition) is 12. The van der Waals surface area contributed by atoms with Gasteiger partial charge in [0.25, 0.3) is 0 Å². The fraction of sp³-hybridized carbons (Fsp3) is 0.488. The van der Waals surface area contributed by atoms with Crippen LogP contribution in [-0.2, 0) is 51.2 Å². The maximum atomic E-state index is 14.6. The molecule has 0 aliphatic carbocycles. The van der Waals surface area contributed by atoms with Crippen LogP contribution in [0.1, 0.15) is 64.5 Å². The van der Waals surface area contributed by atoms with Crippen LogP contribution in [0.3, 0.4) is 0 Å². The van der Waals surface area contributed by atoms with Crippen LogP contribution in [0.25, 0.3) is 0 Å². The van der Waals surface area contributed by atoms with Gasteiger partial charge in [-0.05, 0) is 57.6 Å². The molecule has 0 saturated carbocycles. The quantitative estimate of drug-likeness (QED) is 0.0342. The molecule has 2 aromatic carbocycles. The van der Waals surface area contributed by atoms with Crippen LogP contribution in [0.15, 0.2) is 70.6 Å². The summed E-state index contributed by atoms with van der Waals surface area (Å²) >= 11 is 0. The lowest BCUT2D eigenvalue weighted by Crippen LogP contribution is -2.63. The topological polar surface area (TPSA) is 370 Å². The number of guanidine groups is 2. The molecular weight excluding hydrogens is 907 g/mol. The Morgan fingerprint density at radius 3 is 1.73 bits per heavy atom. The van der Waals surface area contributed by atoms with Crippen LogP contribution in [0.4, 0.5) is 0 Å². The molecule has 1 saturated heterocycles. The minimum Gasteiger partial charge on any atom is -0.480 e. The number of carbonyl (C=O) groups excluding carboxylic acids is 7. The largest absolute Gasteiger partial charge is 0.480 e. The summed E-state index contributed by atoms with van der Waals surface area (Å²) in [4.78, 5) is 117. The zero-order valence-corrected chi connectivity index (χ0v) is 39.5. The minimum atomic E-state index is -1.48. The van der Waals surface area contributed by atoms with Crippen molar-refractivity contribution in [3.8, 4) is 0 Å². The highest BCUT2D eigenvalue weighted by atomic mass is 33.1. The molecule has 0 aromatic heterocycles. The van der Waals surface area contributed by atoms with Crippen molar-refractivity contribution in [2.45, 2.75) is 113 Å². The lowest BCUT2D eigenvalue weighted by atomic mass is 9.99. The molecule has 7 atom stereocenters. The number of carboxylic acid groups (broad SMARTS) is 1. The van der Waals surface area contributed by atoms with Crippen LogP contribution in [-0.4, -0.2) is 130 Å². The third-order valence-electron chi connectivity index (χ3n) is 10.2. The van der Waals surface area contributed by atoms with E-state index in [1.54, 1.807) is 74.5 Å². The Balaban J connectivity index is 2.06. The first-order chi connectivity index (χ1) is 31.7. The van der Waals surface area contributed by atoms with Gasteiger partial charge in [-0.3, -0.25) is 43.5 Å². The number of carboxylic acids is 1. The Bertz CT molecular complexity index is 2090. The van der Waals surface area contributed by atoms with Gasteiger partial charge in [-0.25, -0.2) is 4.79 Å². The molecule has 1 aliphatic rings. The summed E-state index contributed by atoms with van der Waals surface area (Å²) in [5.74, 6) is -7.18. The Labute approximate surface area is 397 Å². The molecule has 22 nitrogen and oxygen atoms in total. The SMILES string of the molecule is CC(=O)N[C@@H](CCCN=C(N)N)C(=O)N[C@@H](C)C(=O)N[C@H]1C(=O)N[C@@H](CCCN=C(N)N)C(=O)N[C@@H](Cc2ccccc2)C(=O)N[C@@H](Cc2ccccc2)C(=O)N[C@H](C(=O)O)CSSC1(C)C. The average molecular weight is 970 g/mol. The molecule has 67 heavy (non-hydrogen) atoms. The zero-order chi connectivity index (χ0) is 49.7. The molecule has 366 valence electrons. The Morgan fingerprint density at radius 1 is 0.731 bits per heavy atom. The average Bonchev–Trinajstić information content (AvgIpc) is 3.26. The summed E-state index contributed by atoms with van der Waals surface area (Å²) in [5, 5.41) is 28.8. The van der Waals surface area contributed by atoms with E-state index in [9.17, 15) is 43.5 Å². The highest BCUT2D eigenvalue weighted by Gasteiger charge is 2.41. The predicted molar refractivity (Wildman–Crippen MR) is 257 cm³/mol. The van der Waals surface area contributed by atoms with E-state index in [0.29, 0.717) is 17.5 Å². The van der Waals surface area contributed by atoms with Crippen molar-refractivity contribution >= 4 is 80.8 Å². The van der Waals surface area contributed by atoms with E-state index >= 15 is 0 Å². The van der Waals surface area contributed by atoms with Crippen molar-refractivity contribution in [3.05, 3.63) is 71.8 Å². The summed E-state index contributed by atoms with van der Waals surface area (Å²) in [6.07, 6.45) is 0.484. The number of rotatable bonds is 18. The van der Waals surface area contributed by atoms with Crippen LogP contribution < -0.4 is 60.2 Å². The van der Waals surface area contributed by atoms with E-state index in [1.807, 2.05) is 0 Å². The van der Waals surface area contributed by atoms with Crippen LogP contribution >= 0.6 is 21.6 Å². The van der Waals surface area contributed by atoms with Gasteiger partial charge in [0.05, 0.1) is 0 Å². The number of nitrogens with two attached hydrogens (primary N) is 4. The second-order valence-corrected chi connectivity index (χ2v) is 19.3. The lowest BCUT2D eigenvalue weighted by Gasteiger charge is -2.35. The monoisotopic (exact) mass is 969 g/mol. The van der Waals surface area contributed by atoms with Crippen molar-refractivity contribution in [3.63, 3.8) is 0 Å². The minimum absolute atomic E-state index is 0.0251. The zero-order valence-electron chi connectivity index (χ0n) is 37.9. The number of benzene rings is 2. The van der Waals surface area contributed by atoms with E-state index in [2.05, 4.69) is 47.2 Å². The third kappa shape index (κ3) is 19.4. The molecule has 0 radical (unpaired) electrons. The lowest BCUT2D eigenvalue weighted by molar-refractivity contribution is -0.141. The standard InChI is InChI=1S/C43H63N13O9S2/c1-24(50-35(59)28(51-25(2)57)17-11-19-48-41(44)45)34(58)56-33-39(63)52-29(18-12-20-49-42(46)47)36(60)53-30(21-26-13-7-5-8-14-26)37(61)54-31(22-27-15-9-6-10-16-27)38(62)55-32(40(64)65)23-66-67-43(33,3)4/h5-10,13-16,24,28-33H,11-12,17-23H2,1-4H3,(H,50,59)(H,51,57)(H,52,63)(H,53,60)(H,54,61)(H,55,62)(H,56,58)(H,64,65)(H4,44,45,48)(H4,46,47,49)/t24-,28-,29-,30-,31-,32-,33-/m0/s1. The molecular formula is C43H63N13O9S2. The maximum absolute atomic E-state index is 14.6. The molecule has 1 fully saturated rings. The maximum Gasteiger partial charge on any atom is 0.327 e. The van der Waals surface area contributed by atoms with Crippen molar-refractivity contribution in [1.29, 1.82) is 0 Å². The first-order valence-corrected chi connectivity index (χ1v) is 23.8. The molecule has 7 amide bonds. The molecule has 0 spiro atoms. The molecule has 24 heteroatoms. The number of aliphatic carboxylic acids is 1. The second-order valence-electron chi connectivity index (χ2n) is 16.3. The highest BCUT2D eigenvalue weighted by molar-refractivity contribution is 8.77. The number of nitrogens with one attached hydrogen (secondary N) is 7. The van der Waals surface area contributed by atoms with E-state index in [4.69, 9.17) is 22.9 Å². The van der Waals surface area contributed by atoms with Crippen molar-refractivity contribution < 1.29 is 43.5 Å². The van der Waals surface area contributed by atoms with Gasteiger partial charge in [0.15, 0.2) is 11.9 Å². The molecule has 2 aromatic rings. The molecule has 1 aliphatic heterocycles. The number of aliphatic imine (C=N–C) groups is 2. The van der Waals surface area contributed by atoms with E-state index in [-0.39, 0.29) is 62.9 Å². The molecule has 16 N–H and O–H groups in total. The second kappa shape index (κ2) is 27.2. The van der Waals surface area contributed by atoms with Gasteiger partial charge in [0.1, 0.15) is 42.3 Å². The van der Waals surface area contributed by atoms with Crippen LogP contribution in [0.5, 0.6) is 0 Å². The van der Waals surface area contributed by atoms with Gasteiger partial charge in [-0.15, -0.1) is 0 Å². The Hall–Kier alpha value is -6.56. The van der Waals surface area contributed by atoms with Crippen LogP contribution in [0.2, 0.25) is 0 Å². The van der Waals surface area contributed by atoms with E-state index in [0.717, 1.165) is 21.6 Å². The number of amides is 7. The number of hydrogen-bond donors (Lipinski definition) is 12. The Morgan fingerprint density at radius 2 is 1.22 bits per heavy atom. The van der Waals surface area contributed by atoms with Gasteiger partial charge >= 0.3 is 5.97 Å². The normalized spacial score (nSPS) is 21.2. The summed E-state index contributed by atoms with van der Waals surface area (Å²) in [7, 11) is 2.01. The molecule has 0 unspecified atom stereocenters. The molecule has 1 heterocycles. The van der Waals surface area contributed by atoms with Gasteiger partial charge in [-0.2, -0.15) is 0 Å². The summed E-state index contributed by atoms with van der Waals surface area (Å²) in [5.41, 5.74) is 23.2. The van der Waals surface area contributed by atoms with Gasteiger partial charge in [-0.1, -0.05) is 82.3 Å². The number of nitrogens with zero attached hydrogens (tertiary/aromatic N) is 2. The van der Waals surface area contributed by atoms with Crippen molar-refractivity contribution in [2.75, 3.05) is 18.8 Å². The summed E-state index contributed by atoms with van der Waals surface area (Å²) < 4.78 is -1.29. The molecule has 3 rings (SSSR count). The number of carbonyl (C=O) groups is 8. The third-order valence-corrected chi connectivity index (χ3v) is 13.5. The fourth-order valence-corrected chi connectivity index (χ4v) is 9.47. The summed E-state index contributed by atoms with van der Waals surface area (Å²) in [6, 6.07) is 8.27. The predicted octanol–water partition coefficient (Wildman–Crippen LogP) is -1.73.